The first-order chi connectivity index (χ1) is 5.60. The molecule has 6 nitrogen and oxygen atoms in total. The molecule has 6 heteroatoms. The van der Waals surface area contributed by atoms with Gasteiger partial charge in [-0.25, -0.2) is 10.5 Å². The van der Waals surface area contributed by atoms with Gasteiger partial charge >= 0.3 is 0 Å². The van der Waals surface area contributed by atoms with Gasteiger partial charge in [-0.05, 0) is 6.08 Å². The molecule has 0 radical (unpaired) electrons. The lowest BCUT2D eigenvalue weighted by Gasteiger charge is -2.25. The molecule has 0 saturated carbocycles. The monoisotopic (exact) mass is 172 g/mol. The number of carbonyl (C=O) groups is 1. The standard InChI is InChI=1S/C6H12N4O2/c1-10(12-2)5(11)6(7)3-4-8-9-6/h3-4,8-9H,7H2,1-2H3. The van der Waals surface area contributed by atoms with Crippen LogP contribution in [0.1, 0.15) is 0 Å². The highest BCUT2D eigenvalue weighted by atomic mass is 16.7. The second kappa shape index (κ2) is 3.10. The largest absolute Gasteiger partial charge is 0.327 e. The second-order valence-electron chi connectivity index (χ2n) is 2.46. The highest BCUT2D eigenvalue weighted by Crippen LogP contribution is 2.05. The lowest BCUT2D eigenvalue weighted by Crippen LogP contribution is -2.62. The van der Waals surface area contributed by atoms with Crippen molar-refractivity contribution in [3.8, 4) is 0 Å². The van der Waals surface area contributed by atoms with Crippen LogP contribution in [0.15, 0.2) is 12.3 Å². The van der Waals surface area contributed by atoms with Crippen LogP contribution in [0.4, 0.5) is 0 Å². The summed E-state index contributed by atoms with van der Waals surface area (Å²) < 4.78 is 0. The molecule has 0 fully saturated rings. The molecule has 1 heterocycles. The van der Waals surface area contributed by atoms with E-state index < -0.39 is 5.66 Å². The molecule has 0 aromatic carbocycles. The summed E-state index contributed by atoms with van der Waals surface area (Å²) in [7, 11) is 2.89. The smallest absolute Gasteiger partial charge is 0.286 e. The fourth-order valence-electron chi connectivity index (χ4n) is 0.844. The van der Waals surface area contributed by atoms with E-state index in [0.717, 1.165) is 5.06 Å². The topological polar surface area (TPSA) is 79.6 Å². The van der Waals surface area contributed by atoms with Crippen LogP contribution in [0.2, 0.25) is 0 Å². The maximum absolute atomic E-state index is 11.4. The third-order valence-corrected chi connectivity index (χ3v) is 1.62. The lowest BCUT2D eigenvalue weighted by atomic mass is 10.2. The number of hydrazine groups is 1. The summed E-state index contributed by atoms with van der Waals surface area (Å²) in [6, 6.07) is 0. The highest BCUT2D eigenvalue weighted by molar-refractivity contribution is 5.87. The minimum Gasteiger partial charge on any atom is -0.327 e. The van der Waals surface area contributed by atoms with E-state index in [-0.39, 0.29) is 5.91 Å². The first-order valence-electron chi connectivity index (χ1n) is 3.42. The molecule has 4 N–H and O–H groups in total. The Hall–Kier alpha value is -1.11. The van der Waals surface area contributed by atoms with E-state index in [1.165, 1.54) is 20.2 Å². The van der Waals surface area contributed by atoms with Crippen LogP contribution in [0.25, 0.3) is 0 Å². The Bertz CT molecular complexity index is 218. The summed E-state index contributed by atoms with van der Waals surface area (Å²) in [5.74, 6) is -0.369. The van der Waals surface area contributed by atoms with Crippen molar-refractivity contribution in [1.82, 2.24) is 15.9 Å². The van der Waals surface area contributed by atoms with Crippen molar-refractivity contribution in [3.05, 3.63) is 12.3 Å². The minimum absolute atomic E-state index is 0.369. The summed E-state index contributed by atoms with van der Waals surface area (Å²) in [6.45, 7) is 0. The third kappa shape index (κ3) is 1.40. The number of carbonyl (C=O) groups excluding carboxylic acids is 1. The molecular weight excluding hydrogens is 160 g/mol. The van der Waals surface area contributed by atoms with E-state index in [1.807, 2.05) is 0 Å². The van der Waals surface area contributed by atoms with Gasteiger partial charge in [-0.3, -0.25) is 9.63 Å². The lowest BCUT2D eigenvalue weighted by molar-refractivity contribution is -0.174. The Morgan fingerprint density at radius 2 is 2.42 bits per heavy atom. The van der Waals surface area contributed by atoms with Crippen LogP contribution in [-0.4, -0.2) is 30.8 Å². The number of rotatable bonds is 2. The van der Waals surface area contributed by atoms with Gasteiger partial charge in [-0.15, -0.1) is 0 Å². The van der Waals surface area contributed by atoms with Gasteiger partial charge in [0.05, 0.1) is 7.11 Å². The Kier molecular flexibility index (Phi) is 2.32. The molecule has 0 saturated heterocycles. The fraction of sp³-hybridized carbons (Fsp3) is 0.500. The molecule has 12 heavy (non-hydrogen) atoms. The average molecular weight is 172 g/mol. The van der Waals surface area contributed by atoms with Crippen molar-refractivity contribution < 1.29 is 9.63 Å². The molecule has 0 aliphatic carbocycles. The van der Waals surface area contributed by atoms with Crippen molar-refractivity contribution in [1.29, 1.82) is 0 Å². The molecule has 0 aromatic rings. The predicted octanol–water partition coefficient (Wildman–Crippen LogP) is -1.72. The van der Waals surface area contributed by atoms with Crippen molar-refractivity contribution >= 4 is 5.91 Å². The van der Waals surface area contributed by atoms with Gasteiger partial charge in [-0.1, -0.05) is 0 Å². The van der Waals surface area contributed by atoms with E-state index >= 15 is 0 Å². The minimum atomic E-state index is -1.20. The number of nitrogens with two attached hydrogens (primary N) is 1. The van der Waals surface area contributed by atoms with E-state index in [9.17, 15) is 4.79 Å². The van der Waals surface area contributed by atoms with Gasteiger partial charge in [0.1, 0.15) is 0 Å². The number of nitrogens with one attached hydrogen (secondary N) is 2. The molecular formula is C6H12N4O2. The van der Waals surface area contributed by atoms with Crippen molar-refractivity contribution in [3.63, 3.8) is 0 Å². The van der Waals surface area contributed by atoms with Crippen LogP contribution in [0, 0.1) is 0 Å². The first-order valence-corrected chi connectivity index (χ1v) is 3.42. The molecule has 68 valence electrons. The molecule has 0 bridgehead atoms. The Balaban J connectivity index is 2.68. The molecule has 1 atom stereocenters. The number of likely N-dealkylation sites (N-methyl/N-ethyl adjacent to an activating group) is 1. The summed E-state index contributed by atoms with van der Waals surface area (Å²) in [5, 5.41) is 1.06. The quantitative estimate of drug-likeness (QED) is 0.432. The van der Waals surface area contributed by atoms with Crippen molar-refractivity contribution in [2.24, 2.45) is 5.73 Å². The van der Waals surface area contributed by atoms with Crippen LogP contribution >= 0.6 is 0 Å². The average Bonchev–Trinajstić information content (AvgIpc) is 2.50. The zero-order valence-corrected chi connectivity index (χ0v) is 7.00. The second-order valence-corrected chi connectivity index (χ2v) is 2.46. The van der Waals surface area contributed by atoms with Crippen molar-refractivity contribution in [2.45, 2.75) is 5.66 Å². The third-order valence-electron chi connectivity index (χ3n) is 1.62. The SMILES string of the molecule is CON(C)C(=O)C1(N)C=CNN1. The summed E-state index contributed by atoms with van der Waals surface area (Å²) >= 11 is 0. The maximum atomic E-state index is 11.4. The van der Waals surface area contributed by atoms with Gasteiger partial charge in [0, 0.05) is 13.2 Å². The van der Waals surface area contributed by atoms with Gasteiger partial charge in [0.15, 0.2) is 5.66 Å². The zero-order chi connectivity index (χ0) is 9.19. The number of hydroxylamine groups is 2. The Morgan fingerprint density at radius 1 is 1.75 bits per heavy atom. The van der Waals surface area contributed by atoms with E-state index in [4.69, 9.17) is 10.6 Å². The highest BCUT2D eigenvalue weighted by Gasteiger charge is 2.36. The molecule has 1 amide bonds. The van der Waals surface area contributed by atoms with Gasteiger partial charge in [0.25, 0.3) is 5.91 Å². The number of hydrogen-bond acceptors (Lipinski definition) is 5. The first kappa shape index (κ1) is 8.98. The van der Waals surface area contributed by atoms with Crippen LogP contribution in [0.3, 0.4) is 0 Å². The molecule has 0 spiro atoms. The molecule has 0 aromatic heterocycles. The molecule has 1 aliphatic rings. The fourth-order valence-corrected chi connectivity index (χ4v) is 0.844. The van der Waals surface area contributed by atoms with Crippen LogP contribution in [-0.2, 0) is 9.63 Å². The van der Waals surface area contributed by atoms with Gasteiger partial charge in [-0.2, -0.15) is 0 Å². The summed E-state index contributed by atoms with van der Waals surface area (Å²) in [4.78, 5) is 16.1. The zero-order valence-electron chi connectivity index (χ0n) is 7.00. The Morgan fingerprint density at radius 3 is 2.83 bits per heavy atom. The molecule has 1 unspecified atom stereocenters. The van der Waals surface area contributed by atoms with Crippen LogP contribution in [0.5, 0.6) is 0 Å². The predicted molar refractivity (Wildman–Crippen MR) is 42.1 cm³/mol. The van der Waals surface area contributed by atoms with Crippen molar-refractivity contribution in [2.75, 3.05) is 14.2 Å². The number of nitrogens with zero attached hydrogens (tertiary/aromatic N) is 1. The summed E-state index contributed by atoms with van der Waals surface area (Å²) in [5.41, 5.74) is 9.65. The molecule has 1 aliphatic heterocycles. The normalized spacial score (nSPS) is 26.9. The Labute approximate surface area is 70.3 Å². The van der Waals surface area contributed by atoms with E-state index in [2.05, 4.69) is 10.9 Å². The van der Waals surface area contributed by atoms with Gasteiger partial charge in [0.2, 0.25) is 0 Å². The summed E-state index contributed by atoms with van der Waals surface area (Å²) in [6.07, 6.45) is 3.08. The number of hydrogen-bond donors (Lipinski definition) is 3. The molecule has 1 rings (SSSR count). The number of amides is 1. The van der Waals surface area contributed by atoms with E-state index in [1.54, 1.807) is 6.20 Å². The van der Waals surface area contributed by atoms with Crippen LogP contribution < -0.4 is 16.6 Å². The maximum Gasteiger partial charge on any atom is 0.286 e. The van der Waals surface area contributed by atoms with E-state index in [0.29, 0.717) is 0 Å². The van der Waals surface area contributed by atoms with Gasteiger partial charge < -0.3 is 11.2 Å².